The summed E-state index contributed by atoms with van der Waals surface area (Å²) < 4.78 is 0. The van der Waals surface area contributed by atoms with Gasteiger partial charge in [0.1, 0.15) is 5.82 Å². The zero-order valence-electron chi connectivity index (χ0n) is 14.0. The number of nitrogens with two attached hydrogens (primary N) is 1. The third-order valence-electron chi connectivity index (χ3n) is 3.51. The van der Waals surface area contributed by atoms with Crippen molar-refractivity contribution in [1.29, 1.82) is 0 Å². The van der Waals surface area contributed by atoms with E-state index in [4.69, 9.17) is 5.73 Å². The van der Waals surface area contributed by atoms with Crippen LogP contribution in [0.15, 0.2) is 48.0 Å². The highest BCUT2D eigenvalue weighted by molar-refractivity contribution is 7.13. The zero-order valence-corrected chi connectivity index (χ0v) is 14.8. The van der Waals surface area contributed by atoms with Crippen LogP contribution < -0.4 is 16.4 Å². The topological polar surface area (TPSA) is 110 Å². The second-order valence-electron chi connectivity index (χ2n) is 5.62. The summed E-state index contributed by atoms with van der Waals surface area (Å²) in [7, 11) is 0. The Bertz CT molecular complexity index is 954. The van der Waals surface area contributed by atoms with Gasteiger partial charge in [0, 0.05) is 11.6 Å². The molecule has 7 nitrogen and oxygen atoms in total. The van der Waals surface area contributed by atoms with Crippen molar-refractivity contribution in [3.8, 4) is 0 Å². The summed E-state index contributed by atoms with van der Waals surface area (Å²) >= 11 is 1.39. The molecule has 26 heavy (non-hydrogen) atoms. The highest BCUT2D eigenvalue weighted by Gasteiger charge is 2.12. The van der Waals surface area contributed by atoms with Crippen molar-refractivity contribution in [3.05, 3.63) is 64.8 Å². The molecule has 0 aliphatic heterocycles. The van der Waals surface area contributed by atoms with Crippen LogP contribution in [0.25, 0.3) is 0 Å². The Hall–Kier alpha value is -3.26. The van der Waals surface area contributed by atoms with E-state index in [-0.39, 0.29) is 17.9 Å². The molecule has 2 heterocycles. The molecule has 0 fully saturated rings. The Morgan fingerprint density at radius 3 is 2.81 bits per heavy atom. The standard InChI is InChI=1S/C18H17N5O2S/c1-11-6-7-20-15(8-11)23-18-21-12(10-26-18)9-16(24)22-14-5-3-2-4-13(14)17(19)25/h2-8,10H,9H2,1H3,(H2,19,25)(H,22,24)(H,20,21,23). The van der Waals surface area contributed by atoms with E-state index < -0.39 is 5.91 Å². The van der Waals surface area contributed by atoms with Gasteiger partial charge in [-0.25, -0.2) is 9.97 Å². The normalized spacial score (nSPS) is 10.3. The van der Waals surface area contributed by atoms with Crippen LogP contribution in [0.1, 0.15) is 21.6 Å². The fourth-order valence-electron chi connectivity index (χ4n) is 2.33. The Morgan fingerprint density at radius 2 is 2.04 bits per heavy atom. The molecule has 0 spiro atoms. The van der Waals surface area contributed by atoms with E-state index in [1.54, 1.807) is 35.8 Å². The first-order valence-corrected chi connectivity index (χ1v) is 8.72. The number of pyridine rings is 1. The average molecular weight is 367 g/mol. The molecular formula is C18H17N5O2S. The van der Waals surface area contributed by atoms with Gasteiger partial charge in [0.2, 0.25) is 5.91 Å². The Morgan fingerprint density at radius 1 is 1.23 bits per heavy atom. The number of amides is 2. The minimum Gasteiger partial charge on any atom is -0.366 e. The van der Waals surface area contributed by atoms with Gasteiger partial charge in [-0.15, -0.1) is 11.3 Å². The molecule has 0 unspecified atom stereocenters. The maximum absolute atomic E-state index is 12.2. The van der Waals surface area contributed by atoms with Gasteiger partial charge in [-0.05, 0) is 36.8 Å². The molecule has 0 aliphatic carbocycles. The van der Waals surface area contributed by atoms with Crippen LogP contribution in [0.2, 0.25) is 0 Å². The van der Waals surface area contributed by atoms with Crippen LogP contribution in [0.3, 0.4) is 0 Å². The second kappa shape index (κ2) is 7.75. The van der Waals surface area contributed by atoms with Crippen LogP contribution in [0.4, 0.5) is 16.6 Å². The number of para-hydroxylation sites is 1. The summed E-state index contributed by atoms with van der Waals surface area (Å²) in [5.74, 6) is -0.165. The van der Waals surface area contributed by atoms with Crippen molar-refractivity contribution >= 4 is 39.8 Å². The molecule has 1 aromatic carbocycles. The minimum absolute atomic E-state index is 0.0898. The Labute approximate surface area is 154 Å². The first kappa shape index (κ1) is 17.6. The summed E-state index contributed by atoms with van der Waals surface area (Å²) in [6.07, 6.45) is 1.81. The van der Waals surface area contributed by atoms with E-state index in [1.807, 2.05) is 19.1 Å². The molecule has 0 saturated carbocycles. The quantitative estimate of drug-likeness (QED) is 0.620. The van der Waals surface area contributed by atoms with Crippen LogP contribution in [0.5, 0.6) is 0 Å². The van der Waals surface area contributed by atoms with E-state index in [9.17, 15) is 9.59 Å². The van der Waals surface area contributed by atoms with Gasteiger partial charge < -0.3 is 16.4 Å². The van der Waals surface area contributed by atoms with Crippen molar-refractivity contribution in [2.24, 2.45) is 5.73 Å². The van der Waals surface area contributed by atoms with E-state index >= 15 is 0 Å². The lowest BCUT2D eigenvalue weighted by atomic mass is 10.1. The fourth-order valence-corrected chi connectivity index (χ4v) is 3.04. The summed E-state index contributed by atoms with van der Waals surface area (Å²) in [5, 5.41) is 8.27. The lowest BCUT2D eigenvalue weighted by Crippen LogP contribution is -2.19. The molecule has 4 N–H and O–H groups in total. The number of carbonyl (C=O) groups is 2. The molecule has 3 aromatic rings. The lowest BCUT2D eigenvalue weighted by molar-refractivity contribution is -0.115. The summed E-state index contributed by atoms with van der Waals surface area (Å²) in [6, 6.07) is 10.4. The molecule has 132 valence electrons. The van der Waals surface area contributed by atoms with E-state index in [0.717, 1.165) is 5.56 Å². The summed E-state index contributed by atoms with van der Waals surface area (Å²) in [5.41, 5.74) is 7.69. The molecule has 0 atom stereocenters. The highest BCUT2D eigenvalue weighted by atomic mass is 32.1. The van der Waals surface area contributed by atoms with Gasteiger partial charge in [0.05, 0.1) is 23.4 Å². The molecule has 2 amide bonds. The predicted molar refractivity (Wildman–Crippen MR) is 102 cm³/mol. The molecule has 0 bridgehead atoms. The van der Waals surface area contributed by atoms with Gasteiger partial charge in [-0.1, -0.05) is 12.1 Å². The van der Waals surface area contributed by atoms with E-state index in [0.29, 0.717) is 22.3 Å². The number of thiazole rings is 1. The molecule has 0 aliphatic rings. The van der Waals surface area contributed by atoms with Crippen LogP contribution in [-0.2, 0) is 11.2 Å². The van der Waals surface area contributed by atoms with Gasteiger partial charge >= 0.3 is 0 Å². The fraction of sp³-hybridized carbons (Fsp3) is 0.111. The van der Waals surface area contributed by atoms with Gasteiger partial charge in [-0.2, -0.15) is 0 Å². The van der Waals surface area contributed by atoms with Crippen molar-refractivity contribution in [1.82, 2.24) is 9.97 Å². The predicted octanol–water partition coefficient (Wildman–Crippen LogP) is 2.87. The maximum Gasteiger partial charge on any atom is 0.250 e. The van der Waals surface area contributed by atoms with Crippen molar-refractivity contribution < 1.29 is 9.59 Å². The number of nitrogens with zero attached hydrogens (tertiary/aromatic N) is 2. The SMILES string of the molecule is Cc1ccnc(Nc2nc(CC(=O)Nc3ccccc3C(N)=O)cs2)c1. The highest BCUT2D eigenvalue weighted by Crippen LogP contribution is 2.21. The number of nitrogens with one attached hydrogen (secondary N) is 2. The minimum atomic E-state index is -0.591. The van der Waals surface area contributed by atoms with Crippen LogP contribution in [-0.4, -0.2) is 21.8 Å². The lowest BCUT2D eigenvalue weighted by Gasteiger charge is -2.07. The Kier molecular flexibility index (Phi) is 5.23. The summed E-state index contributed by atoms with van der Waals surface area (Å²) in [6.45, 7) is 1.98. The number of benzene rings is 1. The zero-order chi connectivity index (χ0) is 18.5. The number of hydrogen-bond donors (Lipinski definition) is 3. The number of aryl methyl sites for hydroxylation is 1. The monoisotopic (exact) mass is 367 g/mol. The molecule has 0 saturated heterocycles. The molecule has 3 rings (SSSR count). The maximum atomic E-state index is 12.2. The third kappa shape index (κ3) is 4.42. The van der Waals surface area contributed by atoms with Crippen molar-refractivity contribution in [2.45, 2.75) is 13.3 Å². The number of rotatable bonds is 6. The largest absolute Gasteiger partial charge is 0.366 e. The number of hydrogen-bond acceptors (Lipinski definition) is 6. The Balaban J connectivity index is 1.64. The first-order valence-electron chi connectivity index (χ1n) is 7.84. The molecule has 0 radical (unpaired) electrons. The van der Waals surface area contributed by atoms with E-state index in [1.165, 1.54) is 11.3 Å². The number of aromatic nitrogens is 2. The molecular weight excluding hydrogens is 350 g/mol. The van der Waals surface area contributed by atoms with Crippen molar-refractivity contribution in [3.63, 3.8) is 0 Å². The summed E-state index contributed by atoms with van der Waals surface area (Å²) in [4.78, 5) is 32.3. The second-order valence-corrected chi connectivity index (χ2v) is 6.48. The first-order chi connectivity index (χ1) is 12.5. The van der Waals surface area contributed by atoms with Crippen LogP contribution >= 0.6 is 11.3 Å². The number of anilines is 3. The van der Waals surface area contributed by atoms with E-state index in [2.05, 4.69) is 20.6 Å². The third-order valence-corrected chi connectivity index (χ3v) is 4.32. The molecule has 8 heteroatoms. The van der Waals surface area contributed by atoms with Gasteiger partial charge in [-0.3, -0.25) is 9.59 Å². The van der Waals surface area contributed by atoms with Gasteiger partial charge in [0.25, 0.3) is 5.91 Å². The number of primary amides is 1. The van der Waals surface area contributed by atoms with Crippen molar-refractivity contribution in [2.75, 3.05) is 10.6 Å². The number of carbonyl (C=O) groups excluding carboxylic acids is 2. The van der Waals surface area contributed by atoms with Crippen LogP contribution in [0, 0.1) is 6.92 Å². The average Bonchev–Trinajstić information content (AvgIpc) is 3.01. The smallest absolute Gasteiger partial charge is 0.250 e. The molecule has 2 aromatic heterocycles. The van der Waals surface area contributed by atoms with Gasteiger partial charge in [0.15, 0.2) is 5.13 Å².